The number of hydrogen-bond donors (Lipinski definition) is 2. The fourth-order valence-electron chi connectivity index (χ4n) is 5.05. The van der Waals surface area contributed by atoms with Crippen LogP contribution in [0.3, 0.4) is 0 Å². The van der Waals surface area contributed by atoms with E-state index in [0.717, 1.165) is 30.5 Å². The number of methoxy groups -OCH3 is 2. The van der Waals surface area contributed by atoms with Gasteiger partial charge in [0.15, 0.2) is 11.5 Å². The minimum Gasteiger partial charge on any atom is -0.493 e. The molecule has 0 radical (unpaired) electrons. The second-order valence-electron chi connectivity index (χ2n) is 9.90. The van der Waals surface area contributed by atoms with Crippen LogP contribution < -0.4 is 19.7 Å². The van der Waals surface area contributed by atoms with E-state index < -0.39 is 6.10 Å². The molecule has 4 heterocycles. The Kier molecular flexibility index (Phi) is 8.01. The lowest BCUT2D eigenvalue weighted by Crippen LogP contribution is -2.68. The number of nitrogens with zero attached hydrogens (tertiary/aromatic N) is 5. The van der Waals surface area contributed by atoms with Gasteiger partial charge in [-0.2, -0.15) is 10.4 Å². The Morgan fingerprint density at radius 1 is 1.20 bits per heavy atom. The van der Waals surface area contributed by atoms with Crippen LogP contribution in [0.25, 0.3) is 22.2 Å². The number of pyridine rings is 2. The zero-order valence-corrected chi connectivity index (χ0v) is 24.1. The van der Waals surface area contributed by atoms with E-state index in [1.807, 2.05) is 19.1 Å². The van der Waals surface area contributed by atoms with Gasteiger partial charge in [0, 0.05) is 67.9 Å². The van der Waals surface area contributed by atoms with Gasteiger partial charge in [0.1, 0.15) is 29.2 Å². The molecular weight excluding hydrogens is 553 g/mol. The van der Waals surface area contributed by atoms with Gasteiger partial charge in [-0.05, 0) is 26.0 Å². The Balaban J connectivity index is 1.49. The molecule has 0 aliphatic carbocycles. The maximum Gasteiger partial charge on any atom is 0.162 e. The van der Waals surface area contributed by atoms with Gasteiger partial charge in [0.25, 0.3) is 0 Å². The second-order valence-corrected chi connectivity index (χ2v) is 10.7. The maximum atomic E-state index is 10.2. The van der Waals surface area contributed by atoms with E-state index in [4.69, 9.17) is 37.4 Å². The van der Waals surface area contributed by atoms with Crippen molar-refractivity contribution in [3.8, 4) is 28.8 Å². The topological polar surface area (TPSA) is 121 Å². The van der Waals surface area contributed by atoms with Crippen LogP contribution in [0.4, 0.5) is 5.82 Å². The molecule has 40 heavy (non-hydrogen) atoms. The Bertz CT molecular complexity index is 1560. The highest BCUT2D eigenvalue weighted by Gasteiger charge is 2.40. The largest absolute Gasteiger partial charge is 0.493 e. The number of nitrogens with one attached hydrogen (secondary N) is 2. The summed E-state index contributed by atoms with van der Waals surface area (Å²) in [6.45, 7) is 6.83. The smallest absolute Gasteiger partial charge is 0.162 e. The summed E-state index contributed by atoms with van der Waals surface area (Å²) in [4.78, 5) is 10.7. The van der Waals surface area contributed by atoms with Gasteiger partial charge in [-0.3, -0.25) is 10.1 Å². The number of benzene rings is 1. The summed E-state index contributed by atoms with van der Waals surface area (Å²) >= 11 is 12.7. The predicted octanol–water partition coefficient (Wildman–Crippen LogP) is 5.16. The van der Waals surface area contributed by atoms with E-state index in [9.17, 15) is 5.26 Å². The third-order valence-corrected chi connectivity index (χ3v) is 7.59. The molecule has 4 aromatic rings. The zero-order chi connectivity index (χ0) is 28.4. The lowest BCUT2D eigenvalue weighted by atomic mass is 9.91. The molecule has 0 saturated carbocycles. The molecule has 0 spiro atoms. The van der Waals surface area contributed by atoms with Crippen molar-refractivity contribution in [1.29, 1.82) is 5.26 Å². The first-order valence-corrected chi connectivity index (χ1v) is 13.4. The molecule has 208 valence electrons. The summed E-state index contributed by atoms with van der Waals surface area (Å²) < 4.78 is 17.1. The Morgan fingerprint density at radius 3 is 2.62 bits per heavy atom. The molecule has 2 N–H and O–H groups in total. The minimum atomic E-state index is -0.495. The van der Waals surface area contributed by atoms with Gasteiger partial charge >= 0.3 is 0 Å². The number of aromatic amines is 1. The molecule has 5 rings (SSSR count). The van der Waals surface area contributed by atoms with Crippen molar-refractivity contribution in [2.45, 2.75) is 25.5 Å². The number of nitriles is 1. The van der Waals surface area contributed by atoms with E-state index in [-0.39, 0.29) is 5.54 Å². The molecule has 3 aromatic heterocycles. The summed E-state index contributed by atoms with van der Waals surface area (Å²) in [6, 6.07) is 7.81. The molecule has 1 fully saturated rings. The van der Waals surface area contributed by atoms with Crippen LogP contribution in [-0.4, -0.2) is 66.2 Å². The van der Waals surface area contributed by atoms with Crippen molar-refractivity contribution in [3.05, 3.63) is 58.0 Å². The zero-order valence-electron chi connectivity index (χ0n) is 22.6. The predicted molar refractivity (Wildman–Crippen MR) is 154 cm³/mol. The number of aromatic nitrogens is 4. The van der Waals surface area contributed by atoms with Gasteiger partial charge in [0.05, 0.1) is 34.8 Å². The highest BCUT2D eigenvalue weighted by Crippen LogP contribution is 2.41. The molecule has 0 amide bonds. The van der Waals surface area contributed by atoms with Crippen molar-refractivity contribution in [3.63, 3.8) is 0 Å². The molecule has 12 heteroatoms. The fourth-order valence-corrected chi connectivity index (χ4v) is 5.72. The fraction of sp³-hybridized carbons (Fsp3) is 0.357. The Labute approximate surface area is 242 Å². The number of ether oxygens (including phenoxy) is 3. The Hall–Kier alpha value is -3.62. The number of hydrogen-bond acceptors (Lipinski definition) is 9. The monoisotopic (exact) mass is 581 g/mol. The molecule has 1 aliphatic heterocycles. The molecule has 1 saturated heterocycles. The molecule has 0 unspecified atom stereocenters. The third-order valence-electron chi connectivity index (χ3n) is 6.98. The molecule has 1 atom stereocenters. The average molecular weight is 582 g/mol. The molecule has 1 aromatic carbocycles. The molecule has 1 aliphatic rings. The first-order chi connectivity index (χ1) is 19.3. The number of rotatable bonds is 10. The third kappa shape index (κ3) is 5.25. The van der Waals surface area contributed by atoms with Crippen LogP contribution in [0.15, 0.2) is 36.8 Å². The van der Waals surface area contributed by atoms with Crippen LogP contribution in [0, 0.1) is 11.3 Å². The van der Waals surface area contributed by atoms with Crippen LogP contribution >= 0.6 is 23.2 Å². The first-order valence-electron chi connectivity index (χ1n) is 12.7. The van der Waals surface area contributed by atoms with Gasteiger partial charge in [-0.15, -0.1) is 0 Å². The van der Waals surface area contributed by atoms with E-state index >= 15 is 0 Å². The van der Waals surface area contributed by atoms with Gasteiger partial charge in [-0.1, -0.05) is 23.2 Å². The van der Waals surface area contributed by atoms with E-state index in [2.05, 4.69) is 43.4 Å². The molecule has 10 nitrogen and oxygen atoms in total. The van der Waals surface area contributed by atoms with Crippen LogP contribution in [0.2, 0.25) is 10.0 Å². The summed E-state index contributed by atoms with van der Waals surface area (Å²) in [5.41, 5.74) is 3.00. The SMILES string of the molecule is COCCNC1(C)CN(c2nccc(-c3n[nH]c4cc(OC)c(O[C@H](C)c5c(Cl)cncc5Cl)cc34)c2C#N)C1. The van der Waals surface area contributed by atoms with E-state index in [1.165, 1.54) is 12.4 Å². The van der Waals surface area contributed by atoms with Crippen LogP contribution in [-0.2, 0) is 4.74 Å². The number of H-pyrrole nitrogens is 1. The standard InChI is InChI=1S/C28H29Cl2N7O3/c1-16(25-20(29)12-32-13-21(25)30)40-24-9-18-22(10-23(24)39-4)35-36-26(18)17-5-6-33-27(19(17)11-31)37-14-28(2,15-37)34-7-8-38-3/h5-6,9-10,12-13,16,34H,7-8,14-15H2,1-4H3,(H,35,36)/t16-/m1/s1. The highest BCUT2D eigenvalue weighted by atomic mass is 35.5. The number of anilines is 1. The average Bonchev–Trinajstić information content (AvgIpc) is 3.33. The summed E-state index contributed by atoms with van der Waals surface area (Å²) in [5, 5.41) is 22.9. The minimum absolute atomic E-state index is 0.0813. The summed E-state index contributed by atoms with van der Waals surface area (Å²) in [6.07, 6.45) is 4.26. The van der Waals surface area contributed by atoms with Crippen molar-refractivity contribution in [1.82, 2.24) is 25.5 Å². The molecule has 0 bridgehead atoms. The van der Waals surface area contributed by atoms with Crippen LogP contribution in [0.1, 0.15) is 31.1 Å². The van der Waals surface area contributed by atoms with E-state index in [0.29, 0.717) is 56.4 Å². The van der Waals surface area contributed by atoms with Gasteiger partial charge in [-0.25, -0.2) is 4.98 Å². The second kappa shape index (κ2) is 11.5. The van der Waals surface area contributed by atoms with Crippen molar-refractivity contribution >= 4 is 39.9 Å². The van der Waals surface area contributed by atoms with Gasteiger partial charge in [0.2, 0.25) is 0 Å². The lowest BCUT2D eigenvalue weighted by Gasteiger charge is -2.49. The van der Waals surface area contributed by atoms with Crippen molar-refractivity contribution < 1.29 is 14.2 Å². The van der Waals surface area contributed by atoms with E-state index in [1.54, 1.807) is 26.5 Å². The quantitative estimate of drug-likeness (QED) is 0.244. The van der Waals surface area contributed by atoms with Gasteiger partial charge < -0.3 is 24.4 Å². The van der Waals surface area contributed by atoms with Crippen molar-refractivity contribution in [2.24, 2.45) is 0 Å². The number of fused-ring (bicyclic) bond motifs is 1. The van der Waals surface area contributed by atoms with Crippen molar-refractivity contribution in [2.75, 3.05) is 45.4 Å². The highest BCUT2D eigenvalue weighted by molar-refractivity contribution is 6.35. The molecular formula is C28H29Cl2N7O3. The summed E-state index contributed by atoms with van der Waals surface area (Å²) in [7, 11) is 3.25. The normalized spacial score (nSPS) is 15.0. The summed E-state index contributed by atoms with van der Waals surface area (Å²) in [5.74, 6) is 1.61. The first kappa shape index (κ1) is 27.9. The van der Waals surface area contributed by atoms with Crippen LogP contribution in [0.5, 0.6) is 11.5 Å². The Morgan fingerprint density at radius 2 is 1.95 bits per heavy atom. The lowest BCUT2D eigenvalue weighted by molar-refractivity contribution is 0.177. The number of halogens is 2. The maximum absolute atomic E-state index is 10.2.